The molecular formula is C18H30N2. The van der Waals surface area contributed by atoms with Crippen LogP contribution < -0.4 is 5.73 Å². The fourth-order valence-electron chi connectivity index (χ4n) is 3.39. The van der Waals surface area contributed by atoms with E-state index in [2.05, 4.69) is 43.0 Å². The molecule has 2 N–H and O–H groups in total. The van der Waals surface area contributed by atoms with Crippen molar-refractivity contribution in [3.63, 3.8) is 0 Å². The molecule has 0 aliphatic carbocycles. The first kappa shape index (κ1) is 15.5. The van der Waals surface area contributed by atoms with Gasteiger partial charge in [-0.1, -0.05) is 49.6 Å². The minimum absolute atomic E-state index is 0.180. The van der Waals surface area contributed by atoms with Gasteiger partial charge in [0, 0.05) is 18.6 Å². The highest BCUT2D eigenvalue weighted by Crippen LogP contribution is 2.23. The Hall–Kier alpha value is -0.860. The number of hydrogen-bond acceptors (Lipinski definition) is 2. The predicted molar refractivity (Wildman–Crippen MR) is 86.8 cm³/mol. The third-order valence-electron chi connectivity index (χ3n) is 4.57. The minimum Gasteiger partial charge on any atom is -0.324 e. The number of aryl methyl sites for hydroxylation is 1. The Morgan fingerprint density at radius 1 is 1.35 bits per heavy atom. The predicted octanol–water partition coefficient (Wildman–Crippen LogP) is 4.04. The van der Waals surface area contributed by atoms with Crippen molar-refractivity contribution in [1.82, 2.24) is 4.90 Å². The molecule has 2 unspecified atom stereocenters. The van der Waals surface area contributed by atoms with E-state index in [1.54, 1.807) is 0 Å². The van der Waals surface area contributed by atoms with E-state index in [0.29, 0.717) is 0 Å². The highest BCUT2D eigenvalue weighted by atomic mass is 15.2. The van der Waals surface area contributed by atoms with Crippen molar-refractivity contribution in [3.05, 3.63) is 35.4 Å². The van der Waals surface area contributed by atoms with Gasteiger partial charge in [-0.2, -0.15) is 0 Å². The van der Waals surface area contributed by atoms with Crippen LogP contribution in [-0.2, 0) is 0 Å². The molecule has 2 nitrogen and oxygen atoms in total. The summed E-state index contributed by atoms with van der Waals surface area (Å²) in [7, 11) is 0. The minimum atomic E-state index is 0.180. The highest BCUT2D eigenvalue weighted by molar-refractivity contribution is 5.24. The summed E-state index contributed by atoms with van der Waals surface area (Å²) in [5, 5.41) is 0. The van der Waals surface area contributed by atoms with Crippen molar-refractivity contribution in [2.75, 3.05) is 13.1 Å². The molecule has 112 valence electrons. The van der Waals surface area contributed by atoms with Gasteiger partial charge in [-0.3, -0.25) is 0 Å². The summed E-state index contributed by atoms with van der Waals surface area (Å²) < 4.78 is 0. The van der Waals surface area contributed by atoms with E-state index in [1.807, 2.05) is 0 Å². The van der Waals surface area contributed by atoms with Crippen LogP contribution in [0.15, 0.2) is 24.3 Å². The van der Waals surface area contributed by atoms with E-state index in [9.17, 15) is 0 Å². The number of benzene rings is 1. The molecule has 0 aromatic heterocycles. The van der Waals surface area contributed by atoms with Gasteiger partial charge in [0.05, 0.1) is 0 Å². The standard InChI is InChI=1S/C18H30N2/c1-3-7-17-10-4-5-12-20(17)13-11-18(19)16-9-6-8-15(2)14-16/h6,8-9,14,17-18H,3-5,7,10-13,19H2,1-2H3. The molecule has 1 fully saturated rings. The zero-order valence-electron chi connectivity index (χ0n) is 13.1. The fraction of sp³-hybridized carbons (Fsp3) is 0.667. The van der Waals surface area contributed by atoms with Crippen LogP contribution in [0.1, 0.15) is 62.6 Å². The zero-order chi connectivity index (χ0) is 14.4. The maximum Gasteiger partial charge on any atom is 0.0307 e. The van der Waals surface area contributed by atoms with Gasteiger partial charge < -0.3 is 10.6 Å². The monoisotopic (exact) mass is 274 g/mol. The molecule has 2 atom stereocenters. The van der Waals surface area contributed by atoms with Crippen molar-refractivity contribution >= 4 is 0 Å². The second-order valence-corrected chi connectivity index (χ2v) is 6.28. The van der Waals surface area contributed by atoms with Crippen molar-refractivity contribution in [2.45, 2.75) is 64.5 Å². The smallest absolute Gasteiger partial charge is 0.0307 e. The van der Waals surface area contributed by atoms with Crippen molar-refractivity contribution in [1.29, 1.82) is 0 Å². The van der Waals surface area contributed by atoms with Gasteiger partial charge in [-0.05, 0) is 44.7 Å². The fourth-order valence-corrected chi connectivity index (χ4v) is 3.39. The third-order valence-corrected chi connectivity index (χ3v) is 4.57. The third kappa shape index (κ3) is 4.32. The van der Waals surface area contributed by atoms with Gasteiger partial charge in [0.25, 0.3) is 0 Å². The lowest BCUT2D eigenvalue weighted by Gasteiger charge is -2.36. The molecule has 1 saturated heterocycles. The maximum atomic E-state index is 6.37. The molecule has 1 aliphatic rings. The Labute approximate surface area is 124 Å². The molecule has 2 rings (SSSR count). The zero-order valence-corrected chi connectivity index (χ0v) is 13.1. The largest absolute Gasteiger partial charge is 0.324 e. The van der Waals surface area contributed by atoms with Gasteiger partial charge >= 0.3 is 0 Å². The van der Waals surface area contributed by atoms with Crippen molar-refractivity contribution < 1.29 is 0 Å². The second kappa shape index (κ2) is 7.80. The van der Waals surface area contributed by atoms with Gasteiger partial charge in [0.15, 0.2) is 0 Å². The Balaban J connectivity index is 1.86. The summed E-state index contributed by atoms with van der Waals surface area (Å²) in [5.41, 5.74) is 8.97. The first-order chi connectivity index (χ1) is 9.70. The molecule has 20 heavy (non-hydrogen) atoms. The van der Waals surface area contributed by atoms with Crippen LogP contribution in [0.5, 0.6) is 0 Å². The van der Waals surface area contributed by atoms with E-state index >= 15 is 0 Å². The molecule has 1 heterocycles. The van der Waals surface area contributed by atoms with Crippen LogP contribution in [0, 0.1) is 6.92 Å². The molecule has 0 bridgehead atoms. The first-order valence-corrected chi connectivity index (χ1v) is 8.27. The lowest BCUT2D eigenvalue weighted by Crippen LogP contribution is -2.40. The molecule has 1 aromatic carbocycles. The summed E-state index contributed by atoms with van der Waals surface area (Å²) in [6.07, 6.45) is 7.87. The average Bonchev–Trinajstić information content (AvgIpc) is 2.46. The lowest BCUT2D eigenvalue weighted by molar-refractivity contribution is 0.135. The van der Waals surface area contributed by atoms with E-state index in [4.69, 9.17) is 5.73 Å². The normalized spacial score (nSPS) is 21.9. The van der Waals surface area contributed by atoms with Gasteiger partial charge in [0.1, 0.15) is 0 Å². The van der Waals surface area contributed by atoms with Crippen LogP contribution in [0.4, 0.5) is 0 Å². The van der Waals surface area contributed by atoms with Crippen molar-refractivity contribution in [2.24, 2.45) is 5.73 Å². The van der Waals surface area contributed by atoms with Gasteiger partial charge in [-0.15, -0.1) is 0 Å². The highest BCUT2D eigenvalue weighted by Gasteiger charge is 2.21. The second-order valence-electron chi connectivity index (χ2n) is 6.28. The first-order valence-electron chi connectivity index (χ1n) is 8.27. The Morgan fingerprint density at radius 2 is 2.20 bits per heavy atom. The molecular weight excluding hydrogens is 244 g/mol. The lowest BCUT2D eigenvalue weighted by atomic mass is 9.96. The number of nitrogens with zero attached hydrogens (tertiary/aromatic N) is 1. The number of piperidine rings is 1. The number of rotatable bonds is 6. The molecule has 0 saturated carbocycles. The van der Waals surface area contributed by atoms with Gasteiger partial charge in [0.2, 0.25) is 0 Å². The Morgan fingerprint density at radius 3 is 2.95 bits per heavy atom. The average molecular weight is 274 g/mol. The number of nitrogens with two attached hydrogens (primary N) is 1. The quantitative estimate of drug-likeness (QED) is 0.848. The summed E-state index contributed by atoms with van der Waals surface area (Å²) in [6, 6.07) is 9.63. The summed E-state index contributed by atoms with van der Waals surface area (Å²) in [4.78, 5) is 2.68. The Bertz CT molecular complexity index is 400. The summed E-state index contributed by atoms with van der Waals surface area (Å²) >= 11 is 0. The van der Waals surface area contributed by atoms with Crippen molar-refractivity contribution in [3.8, 4) is 0 Å². The van der Waals surface area contributed by atoms with Crippen LogP contribution in [0.25, 0.3) is 0 Å². The van der Waals surface area contributed by atoms with Crippen LogP contribution >= 0.6 is 0 Å². The van der Waals surface area contributed by atoms with Gasteiger partial charge in [-0.25, -0.2) is 0 Å². The number of likely N-dealkylation sites (tertiary alicyclic amines) is 1. The summed E-state index contributed by atoms with van der Waals surface area (Å²) in [5.74, 6) is 0. The SMILES string of the molecule is CCCC1CCCCN1CCC(N)c1cccc(C)c1. The van der Waals surface area contributed by atoms with Crippen LogP contribution in [0.2, 0.25) is 0 Å². The Kier molecular flexibility index (Phi) is 6.06. The van der Waals surface area contributed by atoms with E-state index < -0.39 is 0 Å². The molecule has 0 radical (unpaired) electrons. The van der Waals surface area contributed by atoms with E-state index in [0.717, 1.165) is 19.0 Å². The molecule has 0 spiro atoms. The van der Waals surface area contributed by atoms with E-state index in [1.165, 1.54) is 49.8 Å². The van der Waals surface area contributed by atoms with Crippen LogP contribution in [0.3, 0.4) is 0 Å². The maximum absolute atomic E-state index is 6.37. The van der Waals surface area contributed by atoms with E-state index in [-0.39, 0.29) is 6.04 Å². The topological polar surface area (TPSA) is 29.3 Å². The molecule has 1 aromatic rings. The number of hydrogen-bond donors (Lipinski definition) is 1. The van der Waals surface area contributed by atoms with Crippen LogP contribution in [-0.4, -0.2) is 24.0 Å². The summed E-state index contributed by atoms with van der Waals surface area (Å²) in [6.45, 7) is 6.86. The molecule has 1 aliphatic heterocycles. The molecule has 2 heteroatoms. The molecule has 0 amide bonds.